The number of carbonyl (C=O) groups is 2. The van der Waals surface area contributed by atoms with Gasteiger partial charge in [0.15, 0.2) is 6.29 Å². The molecule has 6 rings (SSSR count). The largest absolute Gasteiger partial charge is 0.354 e. The van der Waals surface area contributed by atoms with E-state index in [4.69, 9.17) is 14.5 Å². The Morgan fingerprint density at radius 2 is 1.67 bits per heavy atom. The van der Waals surface area contributed by atoms with Crippen molar-refractivity contribution in [3.63, 3.8) is 0 Å². The number of carbonyl (C=O) groups excluding carboxylic acids is 2. The van der Waals surface area contributed by atoms with E-state index in [1.54, 1.807) is 35.6 Å². The third kappa shape index (κ3) is 5.46. The summed E-state index contributed by atoms with van der Waals surface area (Å²) in [6, 6.07) is 24.0. The Morgan fingerprint density at radius 3 is 2.40 bits per heavy atom. The van der Waals surface area contributed by atoms with Crippen LogP contribution in [0.25, 0.3) is 31.6 Å². The minimum absolute atomic E-state index is 0.00577. The highest BCUT2D eigenvalue weighted by Gasteiger charge is 2.47. The van der Waals surface area contributed by atoms with Crippen molar-refractivity contribution in [3.05, 3.63) is 90.5 Å². The number of benzene rings is 4. The first-order chi connectivity index (χ1) is 20.7. The first kappa shape index (κ1) is 29.1. The molecule has 4 aromatic carbocycles. The summed E-state index contributed by atoms with van der Waals surface area (Å²) in [7, 11) is -1.47. The Balaban J connectivity index is 1.31. The number of anilines is 1. The molecule has 11 heteroatoms. The van der Waals surface area contributed by atoms with E-state index in [1.807, 2.05) is 55.5 Å². The predicted molar refractivity (Wildman–Crippen MR) is 166 cm³/mol. The average molecular weight is 616 g/mol. The lowest BCUT2D eigenvalue weighted by molar-refractivity contribution is -0.125. The number of aryl methyl sites for hydroxylation is 1. The SMILES string of the molecule is COC(CN(C1CC(=O)N(c2ccc(-c3nc4ccc(C)cc4s3)cc2)C1=O)S(=O)(=O)c1ccc2ccccc2c1)OC. The number of imide groups is 1. The van der Waals surface area contributed by atoms with Crippen molar-refractivity contribution < 1.29 is 27.5 Å². The molecule has 220 valence electrons. The smallest absolute Gasteiger partial charge is 0.252 e. The maximum absolute atomic E-state index is 14.0. The second-order valence-electron chi connectivity index (χ2n) is 10.3. The molecule has 1 aliphatic heterocycles. The van der Waals surface area contributed by atoms with Crippen molar-refractivity contribution in [2.75, 3.05) is 25.7 Å². The number of nitrogens with zero attached hydrogens (tertiary/aromatic N) is 3. The van der Waals surface area contributed by atoms with Crippen LogP contribution in [0.4, 0.5) is 5.69 Å². The highest BCUT2D eigenvalue weighted by molar-refractivity contribution is 7.89. The normalized spacial score (nSPS) is 15.9. The monoisotopic (exact) mass is 615 g/mol. The van der Waals surface area contributed by atoms with E-state index < -0.39 is 34.2 Å². The fourth-order valence-corrected chi connectivity index (χ4v) is 7.94. The number of sulfonamides is 1. The third-order valence-electron chi connectivity index (χ3n) is 7.57. The molecule has 1 fully saturated rings. The van der Waals surface area contributed by atoms with Crippen LogP contribution in [0.15, 0.2) is 89.8 Å². The first-order valence-electron chi connectivity index (χ1n) is 13.6. The van der Waals surface area contributed by atoms with Crippen LogP contribution in [-0.2, 0) is 29.1 Å². The molecule has 2 amide bonds. The molecular formula is C32H29N3O6S2. The number of amides is 2. The lowest BCUT2D eigenvalue weighted by Gasteiger charge is -2.29. The summed E-state index contributed by atoms with van der Waals surface area (Å²) >= 11 is 1.56. The van der Waals surface area contributed by atoms with Gasteiger partial charge in [0.2, 0.25) is 15.9 Å². The summed E-state index contributed by atoms with van der Waals surface area (Å²) in [4.78, 5) is 32.9. The average Bonchev–Trinajstić information content (AvgIpc) is 3.56. The highest BCUT2D eigenvalue weighted by atomic mass is 32.2. The number of hydrogen-bond donors (Lipinski definition) is 0. The minimum atomic E-state index is -4.25. The second kappa shape index (κ2) is 11.6. The molecule has 0 aliphatic carbocycles. The Morgan fingerprint density at radius 1 is 0.953 bits per heavy atom. The molecule has 0 radical (unpaired) electrons. The number of ether oxygens (including phenoxy) is 2. The number of hydrogen-bond acceptors (Lipinski definition) is 8. The molecular weight excluding hydrogens is 587 g/mol. The van der Waals surface area contributed by atoms with Gasteiger partial charge < -0.3 is 9.47 Å². The maximum atomic E-state index is 14.0. The van der Waals surface area contributed by atoms with Gasteiger partial charge in [0.05, 0.1) is 33.8 Å². The summed E-state index contributed by atoms with van der Waals surface area (Å²) < 4.78 is 40.8. The molecule has 5 aromatic rings. The molecule has 1 aliphatic rings. The molecule has 0 spiro atoms. The fraction of sp³-hybridized carbons (Fsp3) is 0.219. The van der Waals surface area contributed by atoms with Gasteiger partial charge in [-0.05, 0) is 71.8 Å². The quantitative estimate of drug-likeness (QED) is 0.162. The molecule has 2 heterocycles. The van der Waals surface area contributed by atoms with Gasteiger partial charge in [0, 0.05) is 19.8 Å². The van der Waals surface area contributed by atoms with Crippen LogP contribution < -0.4 is 4.90 Å². The second-order valence-corrected chi connectivity index (χ2v) is 13.2. The van der Waals surface area contributed by atoms with Gasteiger partial charge in [0.1, 0.15) is 11.0 Å². The van der Waals surface area contributed by atoms with E-state index in [0.717, 1.165) is 46.3 Å². The zero-order chi connectivity index (χ0) is 30.3. The lowest BCUT2D eigenvalue weighted by atomic mass is 10.1. The van der Waals surface area contributed by atoms with Crippen LogP contribution in [0.2, 0.25) is 0 Å². The van der Waals surface area contributed by atoms with E-state index in [0.29, 0.717) is 5.69 Å². The van der Waals surface area contributed by atoms with Gasteiger partial charge in [-0.15, -0.1) is 11.3 Å². The Kier molecular flexibility index (Phi) is 7.84. The third-order valence-corrected chi connectivity index (χ3v) is 10.5. The number of rotatable bonds is 9. The maximum Gasteiger partial charge on any atom is 0.252 e. The summed E-state index contributed by atoms with van der Waals surface area (Å²) in [6.07, 6.45) is -1.27. The Labute approximate surface area is 253 Å². The van der Waals surface area contributed by atoms with E-state index in [1.165, 1.54) is 20.3 Å². The van der Waals surface area contributed by atoms with E-state index >= 15 is 0 Å². The van der Waals surface area contributed by atoms with Gasteiger partial charge in [-0.25, -0.2) is 18.3 Å². The van der Waals surface area contributed by atoms with Gasteiger partial charge in [-0.1, -0.05) is 36.4 Å². The molecule has 1 atom stereocenters. The Hall–Kier alpha value is -4.00. The number of fused-ring (bicyclic) bond motifs is 2. The van der Waals surface area contributed by atoms with E-state index in [-0.39, 0.29) is 17.9 Å². The zero-order valence-electron chi connectivity index (χ0n) is 23.8. The van der Waals surface area contributed by atoms with Crippen molar-refractivity contribution in [2.45, 2.75) is 30.6 Å². The molecule has 9 nitrogen and oxygen atoms in total. The molecule has 0 N–H and O–H groups in total. The summed E-state index contributed by atoms with van der Waals surface area (Å²) in [6.45, 7) is 1.75. The van der Waals surface area contributed by atoms with Crippen molar-refractivity contribution in [1.29, 1.82) is 0 Å². The summed E-state index contributed by atoms with van der Waals surface area (Å²) in [5.74, 6) is -1.13. The van der Waals surface area contributed by atoms with Crippen molar-refractivity contribution in [3.8, 4) is 10.6 Å². The number of methoxy groups -OCH3 is 2. The van der Waals surface area contributed by atoms with Crippen molar-refractivity contribution in [1.82, 2.24) is 9.29 Å². The molecule has 0 bridgehead atoms. The Bertz CT molecular complexity index is 1950. The number of aromatic nitrogens is 1. The van der Waals surface area contributed by atoms with Crippen LogP contribution in [0, 0.1) is 6.92 Å². The van der Waals surface area contributed by atoms with Crippen LogP contribution >= 0.6 is 11.3 Å². The van der Waals surface area contributed by atoms with Crippen LogP contribution in [0.3, 0.4) is 0 Å². The number of thiazole rings is 1. The van der Waals surface area contributed by atoms with Crippen molar-refractivity contribution in [2.24, 2.45) is 0 Å². The molecule has 1 unspecified atom stereocenters. The molecule has 1 aromatic heterocycles. The molecule has 43 heavy (non-hydrogen) atoms. The van der Waals surface area contributed by atoms with Gasteiger partial charge in [-0.2, -0.15) is 4.31 Å². The van der Waals surface area contributed by atoms with Crippen LogP contribution in [0.5, 0.6) is 0 Å². The predicted octanol–water partition coefficient (Wildman–Crippen LogP) is 5.37. The summed E-state index contributed by atoms with van der Waals surface area (Å²) in [5, 5.41) is 2.43. The van der Waals surface area contributed by atoms with Crippen molar-refractivity contribution >= 4 is 59.9 Å². The highest BCUT2D eigenvalue weighted by Crippen LogP contribution is 2.34. The fourth-order valence-electron chi connectivity index (χ4n) is 5.27. The lowest BCUT2D eigenvalue weighted by Crippen LogP contribution is -2.49. The van der Waals surface area contributed by atoms with E-state index in [9.17, 15) is 18.0 Å². The molecule has 1 saturated heterocycles. The topological polar surface area (TPSA) is 106 Å². The first-order valence-corrected chi connectivity index (χ1v) is 15.9. The molecule has 0 saturated carbocycles. The van der Waals surface area contributed by atoms with Gasteiger partial charge in [0.25, 0.3) is 5.91 Å². The van der Waals surface area contributed by atoms with Gasteiger partial charge >= 0.3 is 0 Å². The zero-order valence-corrected chi connectivity index (χ0v) is 25.4. The van der Waals surface area contributed by atoms with E-state index in [2.05, 4.69) is 6.07 Å². The minimum Gasteiger partial charge on any atom is -0.354 e. The standard InChI is InChI=1S/C32H29N3O6S2/c1-20-8-15-26-28(16-20)42-31(33-26)22-9-12-24(13-10-22)35-29(36)18-27(32(35)37)34(19-30(40-2)41-3)43(38,39)25-14-11-21-6-4-5-7-23(21)17-25/h4-17,27,30H,18-19H2,1-3H3. The van der Waals surface area contributed by atoms with Gasteiger partial charge in [-0.3, -0.25) is 9.59 Å². The summed E-state index contributed by atoms with van der Waals surface area (Å²) in [5.41, 5.74) is 3.26. The van der Waals surface area contributed by atoms with Crippen LogP contribution in [-0.4, -0.2) is 62.6 Å². The van der Waals surface area contributed by atoms with Crippen LogP contribution in [0.1, 0.15) is 12.0 Å².